The van der Waals surface area contributed by atoms with Crippen molar-refractivity contribution in [2.24, 2.45) is 0 Å². The molecule has 0 saturated carbocycles. The standard InChI is InChI=1S/C58H54B2N2S2/c1-55(2,3)31-21-23-43-35(25-31)37-27-33(57(7,8)9)29-41-49(37)61(43)51-47-54(64-45-19-15-13-17-39(45)59(41)47)52-48-53(51)63-46-20-16-14-18-40(46)60(48)42-30-34(58(10,11)12)28-38-36-26-32(56(4,5)6)22-24-44(36)62(52)50(38)42/h13-30H,1-12H3. The van der Waals surface area contributed by atoms with E-state index in [2.05, 4.69) is 201 Å². The second-order valence-electron chi connectivity index (χ2n) is 23.4. The van der Waals surface area contributed by atoms with Gasteiger partial charge in [-0.1, -0.05) is 178 Å². The molecule has 0 unspecified atom stereocenters. The number of rotatable bonds is 0. The molecule has 0 aliphatic carbocycles. The van der Waals surface area contributed by atoms with Crippen molar-refractivity contribution < 1.29 is 0 Å². The van der Waals surface area contributed by atoms with Gasteiger partial charge in [0.15, 0.2) is 0 Å². The van der Waals surface area contributed by atoms with Crippen molar-refractivity contribution in [1.29, 1.82) is 0 Å². The Labute approximate surface area is 387 Å². The first kappa shape index (κ1) is 39.3. The van der Waals surface area contributed by atoms with E-state index in [0.29, 0.717) is 0 Å². The summed E-state index contributed by atoms with van der Waals surface area (Å²) in [6, 6.07) is 43.8. The van der Waals surface area contributed by atoms with E-state index in [1.165, 1.54) is 130 Å². The maximum absolute atomic E-state index is 2.75. The highest BCUT2D eigenvalue weighted by atomic mass is 32.2. The molecule has 9 aromatic rings. The molecule has 6 heteroatoms. The zero-order chi connectivity index (χ0) is 44.3. The van der Waals surface area contributed by atoms with Crippen LogP contribution in [-0.2, 0) is 21.7 Å². The number of hydrogen-bond donors (Lipinski definition) is 0. The Kier molecular flexibility index (Phi) is 7.65. The van der Waals surface area contributed by atoms with E-state index in [0.717, 1.165) is 0 Å². The highest BCUT2D eigenvalue weighted by molar-refractivity contribution is 8.01. The van der Waals surface area contributed by atoms with Crippen LogP contribution in [0.5, 0.6) is 0 Å². The monoisotopic (exact) mass is 864 g/mol. The van der Waals surface area contributed by atoms with Crippen molar-refractivity contribution in [3.8, 4) is 11.4 Å². The van der Waals surface area contributed by atoms with Crippen LogP contribution in [0, 0.1) is 0 Å². The molecule has 0 spiro atoms. The molecule has 7 aromatic carbocycles. The van der Waals surface area contributed by atoms with Gasteiger partial charge in [0.1, 0.15) is 0 Å². The molecule has 13 rings (SSSR count). The predicted octanol–water partition coefficient (Wildman–Crippen LogP) is 11.7. The molecule has 4 aliphatic heterocycles. The first-order valence-corrected chi connectivity index (χ1v) is 25.0. The summed E-state index contributed by atoms with van der Waals surface area (Å²) in [5.74, 6) is 0. The van der Waals surface area contributed by atoms with Crippen molar-refractivity contribution in [2.45, 2.75) is 124 Å². The van der Waals surface area contributed by atoms with Gasteiger partial charge < -0.3 is 9.13 Å². The van der Waals surface area contributed by atoms with Crippen molar-refractivity contribution in [2.75, 3.05) is 0 Å². The third kappa shape index (κ3) is 5.11. The fourth-order valence-corrected chi connectivity index (χ4v) is 14.3. The molecular weight excluding hydrogens is 810 g/mol. The van der Waals surface area contributed by atoms with Gasteiger partial charge in [0, 0.05) is 52.2 Å². The molecule has 0 amide bonds. The Morgan fingerprint density at radius 2 is 0.734 bits per heavy atom. The number of benzene rings is 7. The van der Waals surface area contributed by atoms with Gasteiger partial charge >= 0.3 is 0 Å². The molecule has 2 aromatic heterocycles. The van der Waals surface area contributed by atoms with Crippen molar-refractivity contribution in [3.05, 3.63) is 131 Å². The minimum absolute atomic E-state index is 0.0229. The molecule has 6 heterocycles. The van der Waals surface area contributed by atoms with Crippen LogP contribution in [0.3, 0.4) is 0 Å². The largest absolute Gasteiger partial charge is 0.309 e. The van der Waals surface area contributed by atoms with Gasteiger partial charge in [0.2, 0.25) is 13.4 Å². The lowest BCUT2D eigenvalue weighted by atomic mass is 9.32. The van der Waals surface area contributed by atoms with E-state index in [-0.39, 0.29) is 35.1 Å². The van der Waals surface area contributed by atoms with Crippen LogP contribution in [0.2, 0.25) is 0 Å². The van der Waals surface area contributed by atoms with E-state index in [1.807, 2.05) is 23.5 Å². The number of aromatic nitrogens is 2. The first-order valence-electron chi connectivity index (χ1n) is 23.3. The molecule has 0 N–H and O–H groups in total. The molecule has 314 valence electrons. The van der Waals surface area contributed by atoms with Crippen LogP contribution < -0.4 is 32.8 Å². The summed E-state index contributed by atoms with van der Waals surface area (Å²) in [5.41, 5.74) is 22.3. The van der Waals surface area contributed by atoms with Crippen LogP contribution in [0.15, 0.2) is 129 Å². The maximum Gasteiger partial charge on any atom is 0.249 e. The quantitative estimate of drug-likeness (QED) is 0.141. The minimum atomic E-state index is -0.0292. The highest BCUT2D eigenvalue weighted by Gasteiger charge is 2.49. The van der Waals surface area contributed by atoms with Crippen LogP contribution >= 0.6 is 23.5 Å². The van der Waals surface area contributed by atoms with E-state index in [9.17, 15) is 0 Å². The Balaban J connectivity index is 1.28. The number of nitrogens with zero attached hydrogens (tertiary/aromatic N) is 2. The lowest BCUT2D eigenvalue weighted by molar-refractivity contribution is 0.590. The fraction of sp³-hybridized carbons (Fsp3) is 0.276. The Hall–Kier alpha value is -5.03. The topological polar surface area (TPSA) is 9.86 Å². The lowest BCUT2D eigenvalue weighted by Crippen LogP contribution is -2.63. The average Bonchev–Trinajstić information content (AvgIpc) is 3.75. The van der Waals surface area contributed by atoms with Gasteiger partial charge in [0.05, 0.1) is 22.4 Å². The maximum atomic E-state index is 2.75. The minimum Gasteiger partial charge on any atom is -0.309 e. The van der Waals surface area contributed by atoms with E-state index in [4.69, 9.17) is 0 Å². The van der Waals surface area contributed by atoms with Gasteiger partial charge in [-0.3, -0.25) is 0 Å². The second kappa shape index (κ2) is 12.4. The van der Waals surface area contributed by atoms with Crippen LogP contribution in [-0.4, -0.2) is 22.6 Å². The Morgan fingerprint density at radius 3 is 1.11 bits per heavy atom. The molecule has 4 aliphatic rings. The number of hydrogen-bond acceptors (Lipinski definition) is 2. The van der Waals surface area contributed by atoms with Crippen LogP contribution in [0.4, 0.5) is 0 Å². The molecular formula is C58H54B2N2S2. The molecule has 64 heavy (non-hydrogen) atoms. The third-order valence-electron chi connectivity index (χ3n) is 15.2. The van der Waals surface area contributed by atoms with E-state index >= 15 is 0 Å². The zero-order valence-electron chi connectivity index (χ0n) is 39.3. The first-order chi connectivity index (χ1) is 30.3. The molecule has 0 saturated heterocycles. The molecule has 0 bridgehead atoms. The van der Waals surface area contributed by atoms with Crippen molar-refractivity contribution in [3.63, 3.8) is 0 Å². The Morgan fingerprint density at radius 1 is 0.375 bits per heavy atom. The summed E-state index contributed by atoms with van der Waals surface area (Å²) in [7, 11) is 0. The molecule has 0 radical (unpaired) electrons. The molecule has 0 atom stereocenters. The molecule has 2 nitrogen and oxygen atoms in total. The van der Waals surface area contributed by atoms with Gasteiger partial charge in [-0.15, -0.1) is 0 Å². The summed E-state index contributed by atoms with van der Waals surface area (Å²) in [4.78, 5) is 5.57. The Bertz CT molecular complexity index is 3370. The van der Waals surface area contributed by atoms with Crippen LogP contribution in [0.1, 0.15) is 105 Å². The molecule has 0 fully saturated rings. The van der Waals surface area contributed by atoms with Gasteiger partial charge in [-0.25, -0.2) is 0 Å². The summed E-state index contributed by atoms with van der Waals surface area (Å²) < 4.78 is 5.49. The highest BCUT2D eigenvalue weighted by Crippen LogP contribution is 2.50. The summed E-state index contributed by atoms with van der Waals surface area (Å²) >= 11 is 4.04. The predicted molar refractivity (Wildman–Crippen MR) is 280 cm³/mol. The summed E-state index contributed by atoms with van der Waals surface area (Å²) in [5, 5.41) is 5.47. The lowest BCUT2D eigenvalue weighted by Gasteiger charge is -2.42. The SMILES string of the molecule is CC(C)(C)c1ccc2c(c1)c1cc(C(C)(C)C)cc3c1n2-c1c2c4c(c5c1B3c1ccccc1S5)-n1c3ccc(C(C)(C)C)cc3c3cc(C(C)(C)C)cc(c31)B4c1ccccc1S2. The second-order valence-corrected chi connectivity index (χ2v) is 25.5. The number of fused-ring (bicyclic) bond motifs is 16. The smallest absolute Gasteiger partial charge is 0.249 e. The zero-order valence-corrected chi connectivity index (χ0v) is 40.9. The normalized spacial score (nSPS) is 15.0. The third-order valence-corrected chi connectivity index (χ3v) is 17.6. The van der Waals surface area contributed by atoms with E-state index in [1.54, 1.807) is 0 Å². The van der Waals surface area contributed by atoms with Crippen LogP contribution in [0.25, 0.3) is 55.0 Å². The van der Waals surface area contributed by atoms with Gasteiger partial charge in [-0.2, -0.15) is 0 Å². The van der Waals surface area contributed by atoms with Gasteiger partial charge in [0.25, 0.3) is 0 Å². The van der Waals surface area contributed by atoms with E-state index < -0.39 is 0 Å². The van der Waals surface area contributed by atoms with Gasteiger partial charge in [-0.05, 0) is 114 Å². The summed E-state index contributed by atoms with van der Waals surface area (Å²) in [6.45, 7) is 28.6. The van der Waals surface area contributed by atoms with Crippen molar-refractivity contribution >= 4 is 113 Å². The van der Waals surface area contributed by atoms with Crippen molar-refractivity contribution in [1.82, 2.24) is 9.13 Å². The fourth-order valence-electron chi connectivity index (χ4n) is 11.8. The average molecular weight is 865 g/mol. The summed E-state index contributed by atoms with van der Waals surface area (Å²) in [6.07, 6.45) is 0.